The Hall–Kier alpha value is -3.33. The molecule has 0 spiro atoms. The van der Waals surface area contributed by atoms with Gasteiger partial charge in [0, 0.05) is 12.8 Å². The van der Waals surface area contributed by atoms with Crippen LogP contribution in [0.15, 0.2) is 109 Å². The number of ether oxygens (including phenoxy) is 2. The van der Waals surface area contributed by atoms with Crippen molar-refractivity contribution in [3.63, 3.8) is 0 Å². The molecule has 0 fully saturated rings. The van der Waals surface area contributed by atoms with E-state index in [0.717, 1.165) is 96.3 Å². The fourth-order valence-electron chi connectivity index (χ4n) is 7.44. The van der Waals surface area contributed by atoms with E-state index in [0.29, 0.717) is 23.9 Å². The van der Waals surface area contributed by atoms with Crippen molar-refractivity contribution < 1.29 is 42.1 Å². The number of carbonyl (C=O) groups excluding carboxylic acids is 2. The Morgan fingerprint density at radius 3 is 1.12 bits per heavy atom. The summed E-state index contributed by atoms with van der Waals surface area (Å²) in [7, 11) is 1.45. The second-order valence-corrected chi connectivity index (χ2v) is 21.4. The number of hydrogen-bond acceptors (Lipinski definition) is 7. The maximum Gasteiger partial charge on any atom is 0.472 e. The van der Waals surface area contributed by atoms with E-state index >= 15 is 0 Å². The molecule has 0 aliphatic carbocycles. The number of phosphoric ester groups is 1. The van der Waals surface area contributed by atoms with Gasteiger partial charge in [-0.05, 0) is 96.3 Å². The van der Waals surface area contributed by atoms with Crippen molar-refractivity contribution in [2.24, 2.45) is 0 Å². The number of allylic oxidation sites excluding steroid dienone is 18. The second kappa shape index (κ2) is 52.5. The molecule has 2 unspecified atom stereocenters. The Bertz CT molecular complexity index is 1580. The summed E-state index contributed by atoms with van der Waals surface area (Å²) < 4.78 is 34.4. The van der Waals surface area contributed by atoms with Crippen molar-refractivity contribution in [2.45, 2.75) is 225 Å². The molecule has 0 saturated heterocycles. The molecule has 0 saturated carbocycles. The lowest BCUT2D eigenvalue weighted by molar-refractivity contribution is -0.870. The van der Waals surface area contributed by atoms with Crippen molar-refractivity contribution in [3.8, 4) is 0 Å². The largest absolute Gasteiger partial charge is 0.472 e. The van der Waals surface area contributed by atoms with Crippen molar-refractivity contribution >= 4 is 19.8 Å². The average Bonchev–Trinajstić information content (AvgIpc) is 3.34. The number of esters is 2. The first-order valence-electron chi connectivity index (χ1n) is 28.6. The molecule has 0 aliphatic rings. The Morgan fingerprint density at radius 1 is 0.431 bits per heavy atom. The van der Waals surface area contributed by atoms with Gasteiger partial charge in [-0.1, -0.05) is 220 Å². The first kappa shape index (κ1) is 68.7. The molecule has 10 heteroatoms. The minimum atomic E-state index is -4.39. The summed E-state index contributed by atoms with van der Waals surface area (Å²) in [5.41, 5.74) is 0. The molecule has 0 aromatic rings. The molecule has 0 heterocycles. The normalized spacial score (nSPS) is 14.1. The molecule has 72 heavy (non-hydrogen) atoms. The molecular weight excluding hydrogens is 918 g/mol. The predicted molar refractivity (Wildman–Crippen MR) is 307 cm³/mol. The van der Waals surface area contributed by atoms with Crippen molar-refractivity contribution in [3.05, 3.63) is 109 Å². The summed E-state index contributed by atoms with van der Waals surface area (Å²) in [5, 5.41) is 0. The zero-order chi connectivity index (χ0) is 52.7. The zero-order valence-electron chi connectivity index (χ0n) is 46.6. The van der Waals surface area contributed by atoms with Crippen LogP contribution in [0, 0.1) is 0 Å². The van der Waals surface area contributed by atoms with Crippen molar-refractivity contribution in [2.75, 3.05) is 47.5 Å². The van der Waals surface area contributed by atoms with Crippen LogP contribution in [0.1, 0.15) is 219 Å². The molecule has 0 rings (SSSR count). The number of carbonyl (C=O) groups is 2. The third-order valence-electron chi connectivity index (χ3n) is 11.8. The number of hydrogen-bond donors (Lipinski definition) is 1. The van der Waals surface area contributed by atoms with Crippen LogP contribution >= 0.6 is 7.82 Å². The Labute approximate surface area is 442 Å². The zero-order valence-corrected chi connectivity index (χ0v) is 47.5. The van der Waals surface area contributed by atoms with Crippen LogP contribution in [0.25, 0.3) is 0 Å². The number of quaternary nitrogens is 1. The van der Waals surface area contributed by atoms with Crippen LogP contribution in [0.4, 0.5) is 0 Å². The molecule has 0 aliphatic heterocycles. The van der Waals surface area contributed by atoms with Gasteiger partial charge in [0.25, 0.3) is 0 Å². The van der Waals surface area contributed by atoms with Gasteiger partial charge in [-0.15, -0.1) is 0 Å². The third kappa shape index (κ3) is 56.0. The highest BCUT2D eigenvalue weighted by Gasteiger charge is 2.27. The number of nitrogens with zero attached hydrogens (tertiary/aromatic N) is 1. The monoisotopic (exact) mass is 1020 g/mol. The lowest BCUT2D eigenvalue weighted by Gasteiger charge is -2.24. The second-order valence-electron chi connectivity index (χ2n) is 19.9. The summed E-state index contributed by atoms with van der Waals surface area (Å²) in [6, 6.07) is 0. The van der Waals surface area contributed by atoms with Crippen LogP contribution < -0.4 is 0 Å². The number of rotatable bonds is 51. The van der Waals surface area contributed by atoms with Crippen LogP contribution in [0.2, 0.25) is 0 Å². The van der Waals surface area contributed by atoms with Gasteiger partial charge in [-0.2, -0.15) is 0 Å². The van der Waals surface area contributed by atoms with E-state index in [4.69, 9.17) is 18.5 Å². The Balaban J connectivity index is 4.05. The molecule has 2 atom stereocenters. The van der Waals surface area contributed by atoms with Gasteiger partial charge in [-0.3, -0.25) is 18.6 Å². The molecule has 0 aromatic heterocycles. The van der Waals surface area contributed by atoms with Crippen molar-refractivity contribution in [1.82, 2.24) is 0 Å². The molecule has 1 N–H and O–H groups in total. The lowest BCUT2D eigenvalue weighted by atomic mass is 10.0. The van der Waals surface area contributed by atoms with Gasteiger partial charge in [0.15, 0.2) is 6.10 Å². The summed E-state index contributed by atoms with van der Waals surface area (Å²) in [6.07, 6.45) is 73.2. The topological polar surface area (TPSA) is 108 Å². The summed E-state index contributed by atoms with van der Waals surface area (Å²) in [5.74, 6) is -0.836. The highest BCUT2D eigenvalue weighted by molar-refractivity contribution is 7.47. The molecule has 412 valence electrons. The minimum absolute atomic E-state index is 0.0228. The number of phosphoric acid groups is 1. The smallest absolute Gasteiger partial charge is 0.462 e. The van der Waals surface area contributed by atoms with Crippen LogP contribution in [-0.4, -0.2) is 74.9 Å². The van der Waals surface area contributed by atoms with Gasteiger partial charge in [0.1, 0.15) is 19.8 Å². The number of unbranched alkanes of at least 4 members (excludes halogenated alkanes) is 19. The predicted octanol–water partition coefficient (Wildman–Crippen LogP) is 17.8. The average molecular weight is 1030 g/mol. The highest BCUT2D eigenvalue weighted by Crippen LogP contribution is 2.43. The van der Waals surface area contributed by atoms with E-state index in [9.17, 15) is 19.0 Å². The van der Waals surface area contributed by atoms with E-state index in [1.165, 1.54) is 83.5 Å². The maximum absolute atomic E-state index is 12.8. The van der Waals surface area contributed by atoms with E-state index in [1.807, 2.05) is 21.1 Å². The van der Waals surface area contributed by atoms with E-state index in [-0.39, 0.29) is 26.1 Å². The maximum atomic E-state index is 12.8. The first-order chi connectivity index (χ1) is 35.0. The fourth-order valence-corrected chi connectivity index (χ4v) is 8.19. The molecule has 0 bridgehead atoms. The first-order valence-corrected chi connectivity index (χ1v) is 30.1. The van der Waals surface area contributed by atoms with Gasteiger partial charge >= 0.3 is 19.8 Å². The summed E-state index contributed by atoms with van der Waals surface area (Å²) >= 11 is 0. The molecule has 0 radical (unpaired) electrons. The van der Waals surface area contributed by atoms with E-state index in [2.05, 4.69) is 123 Å². The van der Waals surface area contributed by atoms with Crippen LogP contribution in [0.3, 0.4) is 0 Å². The SMILES string of the molecule is CC/C=C\C/C=C\C/C=C\C/C=C\C/C=C\C/C=C\CCCCCCCCCCCCCCCCCCC(=O)OC(COC(=O)CCCCC/C=C\C/C=C\C/C=C\CC)COP(=O)(O)OCC[N+](C)(C)C. The molecule has 0 amide bonds. The van der Waals surface area contributed by atoms with Gasteiger partial charge in [0.05, 0.1) is 27.7 Å². The van der Waals surface area contributed by atoms with E-state index in [1.54, 1.807) is 0 Å². The Morgan fingerprint density at radius 2 is 0.750 bits per heavy atom. The van der Waals surface area contributed by atoms with Gasteiger partial charge in [-0.25, -0.2) is 4.57 Å². The highest BCUT2D eigenvalue weighted by atomic mass is 31.2. The summed E-state index contributed by atoms with van der Waals surface area (Å²) in [4.78, 5) is 35.6. The quantitative estimate of drug-likeness (QED) is 0.0211. The molecular formula is C62H107NO8P+. The third-order valence-corrected chi connectivity index (χ3v) is 12.8. The van der Waals surface area contributed by atoms with Crippen LogP contribution in [-0.2, 0) is 32.7 Å². The van der Waals surface area contributed by atoms with Gasteiger partial charge < -0.3 is 18.9 Å². The van der Waals surface area contributed by atoms with Gasteiger partial charge in [0.2, 0.25) is 0 Å². The molecule has 9 nitrogen and oxygen atoms in total. The van der Waals surface area contributed by atoms with Crippen LogP contribution in [0.5, 0.6) is 0 Å². The number of likely N-dealkylation sites (N-methyl/N-ethyl adjacent to an activating group) is 1. The fraction of sp³-hybridized carbons (Fsp3) is 0.677. The Kier molecular flexibility index (Phi) is 50.1. The van der Waals surface area contributed by atoms with E-state index < -0.39 is 32.5 Å². The van der Waals surface area contributed by atoms with Crippen molar-refractivity contribution in [1.29, 1.82) is 0 Å². The summed E-state index contributed by atoms with van der Waals surface area (Å²) in [6.45, 7) is 4.16. The minimum Gasteiger partial charge on any atom is -0.462 e. The lowest BCUT2D eigenvalue weighted by Crippen LogP contribution is -2.37. The molecule has 0 aromatic carbocycles. The standard InChI is InChI=1S/C62H106NO8P/c1-6-8-10-12-14-16-18-20-21-22-23-24-25-26-27-28-29-30-31-32-33-34-35-36-37-38-39-40-41-43-45-47-49-51-53-55-62(65)71-60(59-70-72(66,67)69-57-56-63(3,4)5)58-68-61(64)54-52-50-48-46-44-42-19-17-15-13-11-9-7-2/h8-11,14-17,20-21,23-24,26-27,29-30,42,44,60H,6-7,12-13,18-19,22,25,28,31-41,43,45-59H2,1-5H3/p+1/b10-8-,11-9-,16-14-,17-15-,21-20-,24-23-,27-26-,30-29-,44-42-.